The smallest absolute Gasteiger partial charge is 0.307 e. The molecule has 1 aromatic rings. The summed E-state index contributed by atoms with van der Waals surface area (Å²) < 4.78 is 10.9. The van der Waals surface area contributed by atoms with Crippen molar-refractivity contribution in [2.45, 2.75) is 64.8 Å². The van der Waals surface area contributed by atoms with Gasteiger partial charge in [-0.05, 0) is 69.5 Å². The van der Waals surface area contributed by atoms with Crippen LogP contribution in [0.3, 0.4) is 0 Å². The van der Waals surface area contributed by atoms with Gasteiger partial charge < -0.3 is 19.7 Å². The summed E-state index contributed by atoms with van der Waals surface area (Å²) in [5.74, 6) is 0.586. The molecule has 1 unspecified atom stereocenters. The van der Waals surface area contributed by atoms with E-state index in [0.717, 1.165) is 42.9 Å². The van der Waals surface area contributed by atoms with Gasteiger partial charge in [-0.25, -0.2) is 0 Å². The maximum atomic E-state index is 13.0. The fourth-order valence-corrected chi connectivity index (χ4v) is 4.57. The highest BCUT2D eigenvalue weighted by atomic mass is 16.5. The van der Waals surface area contributed by atoms with Crippen LogP contribution in [0.15, 0.2) is 18.2 Å². The summed E-state index contributed by atoms with van der Waals surface area (Å²) in [6.45, 7) is 7.82. The van der Waals surface area contributed by atoms with Crippen molar-refractivity contribution in [2.24, 2.45) is 0 Å². The Bertz CT molecular complexity index is 828. The molecule has 1 fully saturated rings. The van der Waals surface area contributed by atoms with Gasteiger partial charge in [0.2, 0.25) is 11.8 Å². The lowest BCUT2D eigenvalue weighted by Gasteiger charge is -2.30. The molecule has 1 N–H and O–H groups in total. The highest BCUT2D eigenvalue weighted by Gasteiger charge is 2.27. The summed E-state index contributed by atoms with van der Waals surface area (Å²) in [4.78, 5) is 40.6. The lowest BCUT2D eigenvalue weighted by atomic mass is 10.0. The van der Waals surface area contributed by atoms with E-state index in [-0.39, 0.29) is 24.2 Å². The van der Waals surface area contributed by atoms with Crippen LogP contribution in [0.1, 0.15) is 57.9 Å². The highest BCUT2D eigenvalue weighted by Crippen LogP contribution is 2.27. The first kappa shape index (κ1) is 25.0. The monoisotopic (exact) mass is 459 g/mol. The van der Waals surface area contributed by atoms with Gasteiger partial charge in [0.15, 0.2) is 0 Å². The van der Waals surface area contributed by atoms with Gasteiger partial charge >= 0.3 is 5.97 Å². The number of esters is 1. The van der Waals surface area contributed by atoms with E-state index in [0.29, 0.717) is 58.0 Å². The van der Waals surface area contributed by atoms with Gasteiger partial charge in [0.05, 0.1) is 19.6 Å². The maximum Gasteiger partial charge on any atom is 0.307 e. The fraction of sp³-hybridized carbons (Fsp3) is 0.640. The molecule has 1 atom stereocenters. The lowest BCUT2D eigenvalue weighted by Crippen LogP contribution is -2.44. The van der Waals surface area contributed by atoms with Crippen LogP contribution in [0.5, 0.6) is 5.75 Å². The first-order valence-corrected chi connectivity index (χ1v) is 12.2. The zero-order valence-corrected chi connectivity index (χ0v) is 19.9. The number of nitrogens with one attached hydrogen (secondary N) is 1. The van der Waals surface area contributed by atoms with E-state index < -0.39 is 0 Å². The molecule has 0 aromatic heterocycles. The molecule has 2 amide bonds. The summed E-state index contributed by atoms with van der Waals surface area (Å²) in [6.07, 6.45) is 4.63. The Balaban J connectivity index is 1.48. The molecule has 0 spiro atoms. The summed E-state index contributed by atoms with van der Waals surface area (Å²) in [7, 11) is 0. The number of anilines is 1. The van der Waals surface area contributed by atoms with E-state index in [2.05, 4.69) is 17.1 Å². The summed E-state index contributed by atoms with van der Waals surface area (Å²) in [5.41, 5.74) is 1.92. The molecule has 8 nitrogen and oxygen atoms in total. The summed E-state index contributed by atoms with van der Waals surface area (Å²) in [5, 5.41) is 2.87. The van der Waals surface area contributed by atoms with Crippen LogP contribution in [0.25, 0.3) is 0 Å². The topological polar surface area (TPSA) is 88.2 Å². The number of likely N-dealkylation sites (tertiary alicyclic amines) is 1. The minimum absolute atomic E-state index is 0.0434. The van der Waals surface area contributed by atoms with Crippen LogP contribution in [-0.4, -0.2) is 73.0 Å². The molecule has 8 heteroatoms. The van der Waals surface area contributed by atoms with Crippen LogP contribution in [0, 0.1) is 0 Å². The molecule has 182 valence electrons. The number of fused-ring (bicyclic) bond motifs is 1. The molecule has 3 rings (SSSR count). The second kappa shape index (κ2) is 12.6. The molecule has 0 bridgehead atoms. The van der Waals surface area contributed by atoms with Crippen molar-refractivity contribution in [3.8, 4) is 5.75 Å². The van der Waals surface area contributed by atoms with E-state index in [1.54, 1.807) is 6.92 Å². The number of hydrogen-bond donors (Lipinski definition) is 1. The SMILES string of the molecule is CCOC(=O)CCN(CC1CCCN1CC)C(=O)CCCOc1ccc2c(c1)CCC(=O)N2. The predicted molar refractivity (Wildman–Crippen MR) is 126 cm³/mol. The molecular weight excluding hydrogens is 422 g/mol. The Morgan fingerprint density at radius 3 is 2.85 bits per heavy atom. The number of aryl methyl sites for hydroxylation is 1. The molecule has 2 heterocycles. The maximum absolute atomic E-state index is 13.0. The second-order valence-electron chi connectivity index (χ2n) is 8.64. The fourth-order valence-electron chi connectivity index (χ4n) is 4.57. The van der Waals surface area contributed by atoms with Crippen LogP contribution < -0.4 is 10.1 Å². The summed E-state index contributed by atoms with van der Waals surface area (Å²) >= 11 is 0. The van der Waals surface area contributed by atoms with Gasteiger partial charge in [-0.3, -0.25) is 19.3 Å². The minimum atomic E-state index is -0.263. The third-order valence-corrected chi connectivity index (χ3v) is 6.36. The molecule has 2 aliphatic heterocycles. The van der Waals surface area contributed by atoms with Crippen molar-refractivity contribution in [3.05, 3.63) is 23.8 Å². The average molecular weight is 460 g/mol. The van der Waals surface area contributed by atoms with Crippen LogP contribution in [-0.2, 0) is 25.5 Å². The number of ether oxygens (including phenoxy) is 2. The number of hydrogen-bond acceptors (Lipinski definition) is 6. The first-order valence-electron chi connectivity index (χ1n) is 12.2. The Hall–Kier alpha value is -2.61. The van der Waals surface area contributed by atoms with E-state index >= 15 is 0 Å². The molecule has 0 aliphatic carbocycles. The Kier molecular flexibility index (Phi) is 9.54. The zero-order valence-electron chi connectivity index (χ0n) is 19.9. The molecule has 0 radical (unpaired) electrons. The largest absolute Gasteiger partial charge is 0.494 e. The third-order valence-electron chi connectivity index (χ3n) is 6.36. The Labute approximate surface area is 196 Å². The van der Waals surface area contributed by atoms with Crippen molar-refractivity contribution in [1.82, 2.24) is 9.80 Å². The summed E-state index contributed by atoms with van der Waals surface area (Å²) in [6, 6.07) is 6.03. The predicted octanol–water partition coefficient (Wildman–Crippen LogP) is 3.00. The normalized spacial score (nSPS) is 17.9. The standard InChI is InChI=1S/C25H37N3O5/c1-3-27-14-5-7-20(27)18-28(15-13-25(31)32-4-2)24(30)8-6-16-33-21-10-11-22-19(17-21)9-12-23(29)26-22/h10-11,17,20H,3-9,12-16,18H2,1-2H3,(H,26,29). The number of nitrogens with zero attached hydrogens (tertiary/aromatic N) is 2. The van der Waals surface area contributed by atoms with Crippen LogP contribution >= 0.6 is 0 Å². The number of carbonyl (C=O) groups is 3. The molecule has 2 aliphatic rings. The number of rotatable bonds is 12. The van der Waals surface area contributed by atoms with Crippen molar-refractivity contribution in [2.75, 3.05) is 44.7 Å². The van der Waals surface area contributed by atoms with Gasteiger partial charge in [-0.2, -0.15) is 0 Å². The molecule has 33 heavy (non-hydrogen) atoms. The second-order valence-corrected chi connectivity index (χ2v) is 8.64. The lowest BCUT2D eigenvalue weighted by molar-refractivity contribution is -0.144. The molecule has 1 aromatic carbocycles. The van der Waals surface area contributed by atoms with Crippen LogP contribution in [0.2, 0.25) is 0 Å². The molecule has 0 saturated carbocycles. The van der Waals surface area contributed by atoms with Crippen molar-refractivity contribution >= 4 is 23.5 Å². The van der Waals surface area contributed by atoms with Crippen LogP contribution in [0.4, 0.5) is 5.69 Å². The first-order chi connectivity index (χ1) is 16.0. The van der Waals surface area contributed by atoms with E-state index in [9.17, 15) is 14.4 Å². The van der Waals surface area contributed by atoms with Crippen molar-refractivity contribution < 1.29 is 23.9 Å². The number of benzene rings is 1. The van der Waals surface area contributed by atoms with Gasteiger partial charge in [-0.15, -0.1) is 0 Å². The van der Waals surface area contributed by atoms with E-state index in [1.165, 1.54) is 0 Å². The van der Waals surface area contributed by atoms with E-state index in [4.69, 9.17) is 9.47 Å². The molecular formula is C25H37N3O5. The number of carbonyl (C=O) groups excluding carboxylic acids is 3. The average Bonchev–Trinajstić information content (AvgIpc) is 3.26. The Morgan fingerprint density at radius 1 is 1.21 bits per heavy atom. The number of amides is 2. The van der Waals surface area contributed by atoms with E-state index in [1.807, 2.05) is 23.1 Å². The van der Waals surface area contributed by atoms with Crippen molar-refractivity contribution in [3.63, 3.8) is 0 Å². The molecule has 1 saturated heterocycles. The zero-order chi connectivity index (χ0) is 23.6. The minimum Gasteiger partial charge on any atom is -0.494 e. The Morgan fingerprint density at radius 2 is 2.06 bits per heavy atom. The van der Waals surface area contributed by atoms with Gasteiger partial charge in [-0.1, -0.05) is 6.92 Å². The number of likely N-dealkylation sites (N-methyl/N-ethyl adjacent to an activating group) is 1. The van der Waals surface area contributed by atoms with Gasteiger partial charge in [0.25, 0.3) is 0 Å². The van der Waals surface area contributed by atoms with Gasteiger partial charge in [0, 0.05) is 37.7 Å². The third kappa shape index (κ3) is 7.45. The highest BCUT2D eigenvalue weighted by molar-refractivity contribution is 5.94. The van der Waals surface area contributed by atoms with Gasteiger partial charge in [0.1, 0.15) is 5.75 Å². The quantitative estimate of drug-likeness (QED) is 0.382. The van der Waals surface area contributed by atoms with Crippen molar-refractivity contribution in [1.29, 1.82) is 0 Å².